The predicted octanol–water partition coefficient (Wildman–Crippen LogP) is 1.62. The quantitative estimate of drug-likeness (QED) is 0.772. The average molecular weight is 212 g/mol. The summed E-state index contributed by atoms with van der Waals surface area (Å²) >= 11 is 0. The van der Waals surface area contributed by atoms with Crippen molar-refractivity contribution in [2.24, 2.45) is 17.6 Å². The highest BCUT2D eigenvalue weighted by Crippen LogP contribution is 2.17. The van der Waals surface area contributed by atoms with E-state index in [1.165, 1.54) is 6.42 Å². The molecule has 1 aliphatic rings. The molecule has 3 nitrogen and oxygen atoms in total. The molecule has 1 saturated heterocycles. The van der Waals surface area contributed by atoms with Crippen LogP contribution in [0.25, 0.3) is 0 Å². The summed E-state index contributed by atoms with van der Waals surface area (Å²) in [5, 5.41) is 0. The van der Waals surface area contributed by atoms with Crippen LogP contribution < -0.4 is 5.73 Å². The number of rotatable bonds is 3. The van der Waals surface area contributed by atoms with E-state index in [1.807, 2.05) is 4.90 Å². The average Bonchev–Trinajstić information content (AvgIpc) is 2.26. The molecule has 1 amide bonds. The molecule has 1 aliphatic heterocycles. The number of hydrogen-bond acceptors (Lipinski definition) is 2. The van der Waals surface area contributed by atoms with Crippen LogP contribution in [0, 0.1) is 11.8 Å². The molecular weight excluding hydrogens is 188 g/mol. The smallest absolute Gasteiger partial charge is 0.239 e. The van der Waals surface area contributed by atoms with E-state index in [9.17, 15) is 4.79 Å². The maximum absolute atomic E-state index is 12.0. The first-order valence-electron chi connectivity index (χ1n) is 6.10. The van der Waals surface area contributed by atoms with Gasteiger partial charge in [-0.3, -0.25) is 4.79 Å². The number of amides is 1. The van der Waals surface area contributed by atoms with Crippen LogP contribution in [-0.2, 0) is 4.79 Å². The molecule has 0 aromatic carbocycles. The van der Waals surface area contributed by atoms with Gasteiger partial charge in [0, 0.05) is 13.1 Å². The van der Waals surface area contributed by atoms with E-state index < -0.39 is 0 Å². The Morgan fingerprint density at radius 2 is 2.27 bits per heavy atom. The number of carbonyl (C=O) groups excluding carboxylic acids is 1. The van der Waals surface area contributed by atoms with Crippen LogP contribution in [0.4, 0.5) is 0 Å². The third-order valence-corrected chi connectivity index (χ3v) is 3.51. The van der Waals surface area contributed by atoms with Crippen LogP contribution in [0.1, 0.15) is 40.0 Å². The van der Waals surface area contributed by atoms with E-state index in [-0.39, 0.29) is 17.9 Å². The molecule has 0 spiro atoms. The molecule has 0 radical (unpaired) electrons. The van der Waals surface area contributed by atoms with Gasteiger partial charge in [0.1, 0.15) is 0 Å². The van der Waals surface area contributed by atoms with E-state index in [0.717, 1.165) is 25.9 Å². The van der Waals surface area contributed by atoms with Gasteiger partial charge in [-0.2, -0.15) is 0 Å². The van der Waals surface area contributed by atoms with Gasteiger partial charge < -0.3 is 10.6 Å². The summed E-state index contributed by atoms with van der Waals surface area (Å²) in [6.07, 6.45) is 3.33. The van der Waals surface area contributed by atoms with Gasteiger partial charge in [0.15, 0.2) is 0 Å². The molecule has 3 atom stereocenters. The summed E-state index contributed by atoms with van der Waals surface area (Å²) in [6.45, 7) is 8.12. The fraction of sp³-hybridized carbons (Fsp3) is 0.917. The van der Waals surface area contributed by atoms with E-state index >= 15 is 0 Å². The molecule has 0 aromatic heterocycles. The second-order valence-corrected chi connectivity index (χ2v) is 4.94. The molecule has 1 heterocycles. The maximum Gasteiger partial charge on any atom is 0.239 e. The normalized spacial score (nSPS) is 26.1. The van der Waals surface area contributed by atoms with Gasteiger partial charge in [0.05, 0.1) is 6.04 Å². The maximum atomic E-state index is 12.0. The first-order chi connectivity index (χ1) is 7.06. The molecule has 15 heavy (non-hydrogen) atoms. The second kappa shape index (κ2) is 5.50. The lowest BCUT2D eigenvalue weighted by molar-refractivity contribution is -0.135. The highest BCUT2D eigenvalue weighted by Gasteiger charge is 2.27. The number of nitrogens with two attached hydrogens (primary N) is 1. The fourth-order valence-corrected chi connectivity index (χ4v) is 2.10. The van der Waals surface area contributed by atoms with Gasteiger partial charge in [-0.15, -0.1) is 0 Å². The summed E-state index contributed by atoms with van der Waals surface area (Å²) in [5.41, 5.74) is 5.96. The Morgan fingerprint density at radius 1 is 1.60 bits per heavy atom. The zero-order chi connectivity index (χ0) is 11.4. The van der Waals surface area contributed by atoms with Crippen LogP contribution in [0.15, 0.2) is 0 Å². The van der Waals surface area contributed by atoms with Crippen molar-refractivity contribution in [2.45, 2.75) is 46.1 Å². The number of carbonyl (C=O) groups is 1. The van der Waals surface area contributed by atoms with Crippen molar-refractivity contribution < 1.29 is 4.79 Å². The Hall–Kier alpha value is -0.570. The van der Waals surface area contributed by atoms with Gasteiger partial charge >= 0.3 is 0 Å². The Morgan fingerprint density at radius 3 is 2.80 bits per heavy atom. The third kappa shape index (κ3) is 3.20. The standard InChI is InChI=1S/C12H24N2O/c1-4-10(3)11(13)12(15)14-7-5-6-9(2)8-14/h9-11H,4-8,13H2,1-3H3/t9-,10+,11-/m0/s1. The topological polar surface area (TPSA) is 46.3 Å². The Kier molecular flexibility index (Phi) is 4.58. The number of piperidine rings is 1. The van der Waals surface area contributed by atoms with Gasteiger partial charge in [-0.25, -0.2) is 0 Å². The summed E-state index contributed by atoms with van der Waals surface area (Å²) in [7, 11) is 0. The molecule has 0 bridgehead atoms. The van der Waals surface area contributed by atoms with Crippen molar-refractivity contribution >= 4 is 5.91 Å². The monoisotopic (exact) mass is 212 g/mol. The summed E-state index contributed by atoms with van der Waals surface area (Å²) in [4.78, 5) is 14.0. The zero-order valence-corrected chi connectivity index (χ0v) is 10.2. The molecule has 3 heteroatoms. The lowest BCUT2D eigenvalue weighted by Crippen LogP contribution is -2.50. The van der Waals surface area contributed by atoms with Crippen LogP contribution in [-0.4, -0.2) is 29.9 Å². The van der Waals surface area contributed by atoms with Crippen molar-refractivity contribution in [1.82, 2.24) is 4.90 Å². The van der Waals surface area contributed by atoms with Crippen molar-refractivity contribution in [3.05, 3.63) is 0 Å². The first-order valence-corrected chi connectivity index (χ1v) is 6.10. The Bertz CT molecular complexity index is 218. The van der Waals surface area contributed by atoms with Crippen molar-refractivity contribution in [3.63, 3.8) is 0 Å². The lowest BCUT2D eigenvalue weighted by atomic mass is 9.95. The van der Waals surface area contributed by atoms with Gasteiger partial charge in [0.2, 0.25) is 5.91 Å². The molecule has 88 valence electrons. The van der Waals surface area contributed by atoms with E-state index in [2.05, 4.69) is 20.8 Å². The fourth-order valence-electron chi connectivity index (χ4n) is 2.10. The van der Waals surface area contributed by atoms with E-state index in [0.29, 0.717) is 5.92 Å². The van der Waals surface area contributed by atoms with Gasteiger partial charge in [-0.05, 0) is 24.7 Å². The second-order valence-electron chi connectivity index (χ2n) is 4.94. The molecular formula is C12H24N2O. The summed E-state index contributed by atoms with van der Waals surface area (Å²) in [5.74, 6) is 1.07. The molecule has 1 rings (SSSR count). The van der Waals surface area contributed by atoms with E-state index in [1.54, 1.807) is 0 Å². The van der Waals surface area contributed by atoms with Crippen molar-refractivity contribution in [3.8, 4) is 0 Å². The number of nitrogens with zero attached hydrogens (tertiary/aromatic N) is 1. The zero-order valence-electron chi connectivity index (χ0n) is 10.2. The molecule has 0 unspecified atom stereocenters. The van der Waals surface area contributed by atoms with Crippen LogP contribution >= 0.6 is 0 Å². The minimum atomic E-state index is -0.305. The molecule has 0 aliphatic carbocycles. The largest absolute Gasteiger partial charge is 0.341 e. The van der Waals surface area contributed by atoms with Crippen LogP contribution in [0.3, 0.4) is 0 Å². The van der Waals surface area contributed by atoms with Gasteiger partial charge in [0.25, 0.3) is 0 Å². The first kappa shape index (κ1) is 12.5. The van der Waals surface area contributed by atoms with Crippen molar-refractivity contribution in [2.75, 3.05) is 13.1 Å². The Labute approximate surface area is 93.0 Å². The SMILES string of the molecule is CC[C@@H](C)[C@H](N)C(=O)N1CCC[C@H](C)C1. The molecule has 0 saturated carbocycles. The Balaban J connectivity index is 2.51. The minimum absolute atomic E-state index is 0.149. The van der Waals surface area contributed by atoms with Crippen molar-refractivity contribution in [1.29, 1.82) is 0 Å². The van der Waals surface area contributed by atoms with Gasteiger partial charge in [-0.1, -0.05) is 27.2 Å². The predicted molar refractivity (Wildman–Crippen MR) is 62.4 cm³/mol. The van der Waals surface area contributed by atoms with Crippen LogP contribution in [0.5, 0.6) is 0 Å². The van der Waals surface area contributed by atoms with Crippen LogP contribution in [0.2, 0.25) is 0 Å². The minimum Gasteiger partial charge on any atom is -0.341 e. The summed E-state index contributed by atoms with van der Waals surface area (Å²) in [6, 6.07) is -0.305. The molecule has 1 fully saturated rings. The highest BCUT2D eigenvalue weighted by atomic mass is 16.2. The molecule has 2 N–H and O–H groups in total. The lowest BCUT2D eigenvalue weighted by Gasteiger charge is -2.33. The van der Waals surface area contributed by atoms with E-state index in [4.69, 9.17) is 5.73 Å². The highest BCUT2D eigenvalue weighted by molar-refractivity contribution is 5.82. The summed E-state index contributed by atoms with van der Waals surface area (Å²) < 4.78 is 0. The molecule has 0 aromatic rings. The third-order valence-electron chi connectivity index (χ3n) is 3.51. The number of likely N-dealkylation sites (tertiary alicyclic amines) is 1. The number of hydrogen-bond donors (Lipinski definition) is 1.